The van der Waals surface area contributed by atoms with E-state index in [9.17, 15) is 9.90 Å². The number of ether oxygens (including phenoxy) is 1. The molecule has 1 aromatic rings. The second-order valence-corrected chi connectivity index (χ2v) is 3.85. The highest BCUT2D eigenvalue weighted by molar-refractivity contribution is 5.23. The molecule has 0 aliphatic rings. The Kier molecular flexibility index (Phi) is 5.76. The molecule has 0 fully saturated rings. The predicted molar refractivity (Wildman–Crippen MR) is 65.9 cm³/mol. The molecule has 102 valence electrons. The Balaban J connectivity index is 2.86. The highest BCUT2D eigenvalue weighted by Gasteiger charge is 2.17. The van der Waals surface area contributed by atoms with Crippen molar-refractivity contribution in [1.29, 1.82) is 0 Å². The first-order valence-electron chi connectivity index (χ1n) is 5.83. The van der Waals surface area contributed by atoms with Crippen molar-refractivity contribution in [2.45, 2.75) is 32.1 Å². The molecule has 1 rings (SSSR count). The summed E-state index contributed by atoms with van der Waals surface area (Å²) >= 11 is 0. The molecule has 0 radical (unpaired) electrons. The van der Waals surface area contributed by atoms with Crippen LogP contribution >= 0.6 is 0 Å². The van der Waals surface area contributed by atoms with Crippen molar-refractivity contribution >= 4 is 5.82 Å². The topological polar surface area (TPSA) is 111 Å². The first-order chi connectivity index (χ1) is 8.58. The lowest BCUT2D eigenvalue weighted by Crippen LogP contribution is -2.31. The minimum absolute atomic E-state index is 0.116. The van der Waals surface area contributed by atoms with Crippen LogP contribution < -0.4 is 11.4 Å². The van der Waals surface area contributed by atoms with Crippen LogP contribution in [0.15, 0.2) is 17.1 Å². The molecule has 4 N–H and O–H groups in total. The van der Waals surface area contributed by atoms with E-state index in [4.69, 9.17) is 15.6 Å². The van der Waals surface area contributed by atoms with Gasteiger partial charge in [-0.25, -0.2) is 4.79 Å². The van der Waals surface area contributed by atoms with Gasteiger partial charge in [-0.2, -0.15) is 4.98 Å². The van der Waals surface area contributed by atoms with Gasteiger partial charge < -0.3 is 20.7 Å². The van der Waals surface area contributed by atoms with Gasteiger partial charge >= 0.3 is 5.69 Å². The number of nitrogens with two attached hydrogens (primary N) is 1. The Morgan fingerprint density at radius 1 is 1.61 bits per heavy atom. The third kappa shape index (κ3) is 4.10. The number of rotatable bonds is 7. The van der Waals surface area contributed by atoms with Crippen LogP contribution in [-0.2, 0) is 4.74 Å². The van der Waals surface area contributed by atoms with Crippen molar-refractivity contribution in [1.82, 2.24) is 9.55 Å². The number of nitrogens with zero attached hydrogens (tertiary/aromatic N) is 2. The summed E-state index contributed by atoms with van der Waals surface area (Å²) in [6, 6.07) is 1.49. The summed E-state index contributed by atoms with van der Waals surface area (Å²) in [5.74, 6) is 0.141. The summed E-state index contributed by atoms with van der Waals surface area (Å²) < 4.78 is 6.68. The number of anilines is 1. The summed E-state index contributed by atoms with van der Waals surface area (Å²) in [5, 5.41) is 18.4. The molecule has 7 nitrogen and oxygen atoms in total. The molecule has 1 heterocycles. The average molecular weight is 257 g/mol. The molecule has 0 aromatic carbocycles. The lowest BCUT2D eigenvalue weighted by Gasteiger charge is -2.21. The first-order valence-corrected chi connectivity index (χ1v) is 5.83. The van der Waals surface area contributed by atoms with Crippen LogP contribution in [0.3, 0.4) is 0 Å². The number of aromatic nitrogens is 2. The van der Waals surface area contributed by atoms with E-state index in [0.717, 1.165) is 0 Å². The van der Waals surface area contributed by atoms with Crippen LogP contribution in [0.1, 0.15) is 26.0 Å². The second-order valence-electron chi connectivity index (χ2n) is 3.85. The van der Waals surface area contributed by atoms with E-state index in [1.807, 2.05) is 0 Å². The van der Waals surface area contributed by atoms with Gasteiger partial charge in [0.2, 0.25) is 0 Å². The van der Waals surface area contributed by atoms with Crippen LogP contribution in [0.5, 0.6) is 0 Å². The molecule has 0 aliphatic heterocycles. The third-order valence-electron chi connectivity index (χ3n) is 2.46. The molecule has 0 saturated heterocycles. The highest BCUT2D eigenvalue weighted by atomic mass is 16.5. The summed E-state index contributed by atoms with van der Waals surface area (Å²) in [4.78, 5) is 15.3. The van der Waals surface area contributed by atoms with Gasteiger partial charge in [0.15, 0.2) is 0 Å². The zero-order chi connectivity index (χ0) is 13.5. The van der Waals surface area contributed by atoms with Crippen molar-refractivity contribution < 1.29 is 14.9 Å². The zero-order valence-corrected chi connectivity index (χ0v) is 10.3. The molecule has 18 heavy (non-hydrogen) atoms. The van der Waals surface area contributed by atoms with Gasteiger partial charge in [-0.1, -0.05) is 0 Å². The Hall–Kier alpha value is -1.44. The number of nitrogen functional groups attached to an aromatic ring is 1. The van der Waals surface area contributed by atoms with E-state index >= 15 is 0 Å². The predicted octanol–water partition coefficient (Wildman–Crippen LogP) is -0.506. The average Bonchev–Trinajstić information content (AvgIpc) is 2.29. The Morgan fingerprint density at radius 3 is 2.89 bits per heavy atom. The standard InChI is InChI=1S/C11H19N3O4/c1-2-18-10(7-8(16)4-6-15)14-5-3-9(12)13-11(14)17/h3,5,8,10,15-16H,2,4,6-7H2,1H3,(H2,12,13,17)/t8-,10-/m1/s1. The summed E-state index contributed by atoms with van der Waals surface area (Å²) in [5.41, 5.74) is 4.88. The molecule has 0 amide bonds. The Bertz CT molecular complexity index is 421. The van der Waals surface area contributed by atoms with Gasteiger partial charge in [0.05, 0.1) is 6.10 Å². The maximum absolute atomic E-state index is 11.7. The van der Waals surface area contributed by atoms with Crippen LogP contribution in [0, 0.1) is 0 Å². The largest absolute Gasteiger partial charge is 0.396 e. The smallest absolute Gasteiger partial charge is 0.351 e. The molecule has 0 unspecified atom stereocenters. The lowest BCUT2D eigenvalue weighted by molar-refractivity contribution is -0.0317. The van der Waals surface area contributed by atoms with Crippen molar-refractivity contribution in [3.05, 3.63) is 22.7 Å². The summed E-state index contributed by atoms with van der Waals surface area (Å²) in [6.45, 7) is 2.07. The van der Waals surface area contributed by atoms with Crippen molar-refractivity contribution in [3.8, 4) is 0 Å². The van der Waals surface area contributed by atoms with E-state index in [-0.39, 0.29) is 25.3 Å². The van der Waals surface area contributed by atoms with Crippen LogP contribution in [-0.4, -0.2) is 39.1 Å². The molecule has 2 atom stereocenters. The van der Waals surface area contributed by atoms with E-state index in [1.54, 1.807) is 6.92 Å². The first kappa shape index (κ1) is 14.6. The van der Waals surface area contributed by atoms with Crippen LogP contribution in [0.2, 0.25) is 0 Å². The molecular formula is C11H19N3O4. The van der Waals surface area contributed by atoms with Crippen molar-refractivity contribution in [2.24, 2.45) is 0 Å². The monoisotopic (exact) mass is 257 g/mol. The number of hydrogen-bond donors (Lipinski definition) is 3. The lowest BCUT2D eigenvalue weighted by atomic mass is 10.1. The summed E-state index contributed by atoms with van der Waals surface area (Å²) in [7, 11) is 0. The number of aliphatic hydroxyl groups excluding tert-OH is 2. The number of aliphatic hydroxyl groups is 2. The quantitative estimate of drug-likeness (QED) is 0.607. The van der Waals surface area contributed by atoms with Gasteiger partial charge in [-0.05, 0) is 19.4 Å². The molecule has 1 aromatic heterocycles. The normalized spacial score (nSPS) is 14.4. The van der Waals surface area contributed by atoms with E-state index in [0.29, 0.717) is 6.61 Å². The molecule has 7 heteroatoms. The molecule has 0 aliphatic carbocycles. The van der Waals surface area contributed by atoms with E-state index in [2.05, 4.69) is 4.98 Å². The van der Waals surface area contributed by atoms with Gasteiger partial charge in [-0.15, -0.1) is 0 Å². The fourth-order valence-electron chi connectivity index (χ4n) is 1.60. The fourth-order valence-corrected chi connectivity index (χ4v) is 1.60. The molecular weight excluding hydrogens is 238 g/mol. The van der Waals surface area contributed by atoms with Crippen LogP contribution in [0.25, 0.3) is 0 Å². The molecule has 0 spiro atoms. The van der Waals surface area contributed by atoms with E-state index in [1.165, 1.54) is 16.8 Å². The van der Waals surface area contributed by atoms with Gasteiger partial charge in [0.25, 0.3) is 0 Å². The SMILES string of the molecule is CCO[C@H](C[C@H](O)CCO)n1ccc(N)nc1=O. The minimum Gasteiger partial charge on any atom is -0.396 e. The Morgan fingerprint density at radius 2 is 2.33 bits per heavy atom. The van der Waals surface area contributed by atoms with Crippen molar-refractivity contribution in [2.75, 3.05) is 18.9 Å². The third-order valence-corrected chi connectivity index (χ3v) is 2.46. The highest BCUT2D eigenvalue weighted by Crippen LogP contribution is 2.15. The Labute approximate surface area is 105 Å². The molecule has 0 saturated carbocycles. The minimum atomic E-state index is -0.740. The zero-order valence-electron chi connectivity index (χ0n) is 10.3. The maximum atomic E-state index is 11.7. The molecule has 0 bridgehead atoms. The number of hydrogen-bond acceptors (Lipinski definition) is 6. The summed E-state index contributed by atoms with van der Waals surface area (Å²) in [6.07, 6.45) is 0.574. The van der Waals surface area contributed by atoms with Gasteiger partial charge in [-0.3, -0.25) is 4.57 Å². The van der Waals surface area contributed by atoms with E-state index < -0.39 is 18.0 Å². The fraction of sp³-hybridized carbons (Fsp3) is 0.636. The van der Waals surface area contributed by atoms with Crippen LogP contribution in [0.4, 0.5) is 5.82 Å². The van der Waals surface area contributed by atoms with Gasteiger partial charge in [0.1, 0.15) is 12.0 Å². The maximum Gasteiger partial charge on any atom is 0.351 e. The second kappa shape index (κ2) is 7.10. The van der Waals surface area contributed by atoms with Gasteiger partial charge in [0, 0.05) is 25.8 Å². The van der Waals surface area contributed by atoms with Crippen molar-refractivity contribution in [3.63, 3.8) is 0 Å².